The van der Waals surface area contributed by atoms with Gasteiger partial charge in [-0.1, -0.05) is 6.07 Å². The summed E-state index contributed by atoms with van der Waals surface area (Å²) in [7, 11) is 0. The van der Waals surface area contributed by atoms with Crippen molar-refractivity contribution >= 4 is 29.9 Å². The molecule has 0 bridgehead atoms. The number of guanidine groups is 1. The summed E-state index contributed by atoms with van der Waals surface area (Å²) < 4.78 is 11.4. The van der Waals surface area contributed by atoms with Crippen molar-refractivity contribution in [3.05, 3.63) is 53.9 Å². The highest BCUT2D eigenvalue weighted by Crippen LogP contribution is 2.30. The Hall–Kier alpha value is -2.07. The summed E-state index contributed by atoms with van der Waals surface area (Å²) in [6.07, 6.45) is 2.64. The maximum Gasteiger partial charge on any atom is 0.191 e. The molecule has 0 aliphatic rings. The number of hydrogen-bond donors (Lipinski definition) is 3. The molecule has 0 aliphatic heterocycles. The van der Waals surface area contributed by atoms with Crippen molar-refractivity contribution in [2.24, 2.45) is 4.99 Å². The lowest BCUT2D eigenvalue weighted by atomic mass is 10.1. The number of nitrogens with one attached hydrogen (secondary N) is 2. The van der Waals surface area contributed by atoms with Gasteiger partial charge in [0.25, 0.3) is 0 Å². The van der Waals surface area contributed by atoms with Crippen molar-refractivity contribution in [3.8, 4) is 11.5 Å². The number of rotatable bonds is 10. The highest BCUT2D eigenvalue weighted by molar-refractivity contribution is 14.0. The average Bonchev–Trinajstić information content (AvgIpc) is 2.74. The van der Waals surface area contributed by atoms with E-state index in [1.165, 1.54) is 0 Å². The van der Waals surface area contributed by atoms with Gasteiger partial charge in [0, 0.05) is 18.9 Å². The lowest BCUT2D eigenvalue weighted by Crippen LogP contribution is -2.39. The first-order valence-electron chi connectivity index (χ1n) is 10.1. The maximum absolute atomic E-state index is 10.3. The molecule has 30 heavy (non-hydrogen) atoms. The van der Waals surface area contributed by atoms with Gasteiger partial charge in [-0.25, -0.2) is 0 Å². The Morgan fingerprint density at radius 1 is 1.03 bits per heavy atom. The van der Waals surface area contributed by atoms with Crippen LogP contribution in [0.2, 0.25) is 0 Å². The Morgan fingerprint density at radius 2 is 1.70 bits per heavy atom. The van der Waals surface area contributed by atoms with Crippen LogP contribution in [0.15, 0.2) is 47.7 Å². The van der Waals surface area contributed by atoms with Crippen molar-refractivity contribution in [2.45, 2.75) is 39.8 Å². The molecular formula is C22H33IN4O3. The average molecular weight is 528 g/mol. The topological polar surface area (TPSA) is 88.0 Å². The number of halogens is 1. The molecule has 0 saturated heterocycles. The number of pyridine rings is 1. The lowest BCUT2D eigenvalue weighted by molar-refractivity contribution is 0.187. The number of aliphatic hydroxyl groups is 1. The molecule has 2 atom stereocenters. The first kappa shape index (κ1) is 26.0. The van der Waals surface area contributed by atoms with Crippen LogP contribution >= 0.6 is 24.0 Å². The summed E-state index contributed by atoms with van der Waals surface area (Å²) in [5.41, 5.74) is 1.85. The van der Waals surface area contributed by atoms with Crippen LogP contribution in [-0.2, 0) is 0 Å². The van der Waals surface area contributed by atoms with Crippen LogP contribution in [-0.4, -0.2) is 42.4 Å². The van der Waals surface area contributed by atoms with Gasteiger partial charge < -0.3 is 25.2 Å². The van der Waals surface area contributed by atoms with Crippen molar-refractivity contribution < 1.29 is 14.6 Å². The number of aromatic nitrogens is 1. The maximum atomic E-state index is 10.3. The molecule has 3 N–H and O–H groups in total. The van der Waals surface area contributed by atoms with Crippen molar-refractivity contribution in [1.29, 1.82) is 0 Å². The fourth-order valence-electron chi connectivity index (χ4n) is 2.81. The summed E-state index contributed by atoms with van der Waals surface area (Å²) in [6, 6.07) is 9.50. The third kappa shape index (κ3) is 7.98. The van der Waals surface area contributed by atoms with Gasteiger partial charge >= 0.3 is 0 Å². The van der Waals surface area contributed by atoms with E-state index in [0.29, 0.717) is 19.2 Å². The standard InChI is InChI=1S/C22H32N4O3.HI/c1-5-24-22(25-15-19(27)17-10-12-23-13-11-17)26-16(4)18-8-9-20(28-6-2)21(14-18)29-7-3;/h8-14,16,19,27H,5-7,15H2,1-4H3,(H2,24,25,26);1H. The molecule has 2 rings (SSSR count). The minimum atomic E-state index is -0.682. The summed E-state index contributed by atoms with van der Waals surface area (Å²) in [5.74, 6) is 2.11. The van der Waals surface area contributed by atoms with Crippen LogP contribution in [0, 0.1) is 0 Å². The lowest BCUT2D eigenvalue weighted by Gasteiger charge is -2.20. The Morgan fingerprint density at radius 3 is 2.33 bits per heavy atom. The predicted molar refractivity (Wildman–Crippen MR) is 131 cm³/mol. The highest BCUT2D eigenvalue weighted by atomic mass is 127. The molecule has 8 heteroatoms. The van der Waals surface area contributed by atoms with Crippen molar-refractivity contribution in [2.75, 3.05) is 26.3 Å². The zero-order valence-corrected chi connectivity index (χ0v) is 20.4. The van der Waals surface area contributed by atoms with E-state index < -0.39 is 6.10 Å². The minimum absolute atomic E-state index is 0. The molecule has 0 aliphatic carbocycles. The number of aliphatic imine (C=N–C) groups is 1. The van der Waals surface area contributed by atoms with Crippen LogP contribution in [0.3, 0.4) is 0 Å². The second kappa shape index (κ2) is 14.0. The van der Waals surface area contributed by atoms with Crippen LogP contribution in [0.5, 0.6) is 11.5 Å². The van der Waals surface area contributed by atoms with E-state index in [-0.39, 0.29) is 36.6 Å². The summed E-state index contributed by atoms with van der Waals surface area (Å²) >= 11 is 0. The van der Waals surface area contributed by atoms with E-state index in [9.17, 15) is 5.11 Å². The van der Waals surface area contributed by atoms with Gasteiger partial charge in [0.05, 0.1) is 31.9 Å². The molecule has 0 spiro atoms. The summed E-state index contributed by atoms with van der Waals surface area (Å²) in [5, 5.41) is 16.9. The molecule has 0 fully saturated rings. The smallest absolute Gasteiger partial charge is 0.191 e. The molecule has 1 heterocycles. The molecule has 2 unspecified atom stereocenters. The highest BCUT2D eigenvalue weighted by Gasteiger charge is 2.13. The van der Waals surface area contributed by atoms with E-state index in [0.717, 1.165) is 29.2 Å². The molecule has 166 valence electrons. The van der Waals surface area contributed by atoms with Gasteiger partial charge in [-0.05, 0) is 63.1 Å². The van der Waals surface area contributed by atoms with Crippen LogP contribution in [0.25, 0.3) is 0 Å². The number of benzene rings is 1. The summed E-state index contributed by atoms with van der Waals surface area (Å²) in [6.45, 7) is 10.1. The molecule has 1 aromatic heterocycles. The van der Waals surface area contributed by atoms with Gasteiger partial charge in [0.15, 0.2) is 17.5 Å². The van der Waals surface area contributed by atoms with Crippen molar-refractivity contribution in [1.82, 2.24) is 15.6 Å². The van der Waals surface area contributed by atoms with Crippen LogP contribution < -0.4 is 20.1 Å². The monoisotopic (exact) mass is 528 g/mol. The third-order valence-corrected chi connectivity index (χ3v) is 4.28. The number of aliphatic hydroxyl groups excluding tert-OH is 1. The van der Waals surface area contributed by atoms with Gasteiger partial charge in [0.1, 0.15) is 0 Å². The SMILES string of the molecule is CCNC(=NCC(O)c1ccncc1)NC(C)c1ccc(OCC)c(OCC)c1.I. The van der Waals surface area contributed by atoms with E-state index in [1.807, 2.05) is 39.0 Å². The molecule has 2 aromatic rings. The van der Waals surface area contributed by atoms with Crippen LogP contribution in [0.1, 0.15) is 51.0 Å². The predicted octanol–water partition coefficient (Wildman–Crippen LogP) is 3.85. The van der Waals surface area contributed by atoms with E-state index in [1.54, 1.807) is 24.5 Å². The Balaban J connectivity index is 0.00000450. The normalized spacial score (nSPS) is 13.0. The second-order valence-corrected chi connectivity index (χ2v) is 6.45. The molecule has 0 radical (unpaired) electrons. The molecule has 0 amide bonds. The zero-order chi connectivity index (χ0) is 21.1. The molecule has 0 saturated carbocycles. The Bertz CT molecular complexity index is 774. The second-order valence-electron chi connectivity index (χ2n) is 6.45. The van der Waals surface area contributed by atoms with Crippen LogP contribution in [0.4, 0.5) is 0 Å². The van der Waals surface area contributed by atoms with Crippen molar-refractivity contribution in [3.63, 3.8) is 0 Å². The van der Waals surface area contributed by atoms with Gasteiger partial charge in [-0.3, -0.25) is 9.98 Å². The molecular weight excluding hydrogens is 495 g/mol. The summed E-state index contributed by atoms with van der Waals surface area (Å²) in [4.78, 5) is 8.50. The molecule has 7 nitrogen and oxygen atoms in total. The first-order chi connectivity index (χ1) is 14.1. The van der Waals surface area contributed by atoms with E-state index in [4.69, 9.17) is 9.47 Å². The Labute approximate surface area is 196 Å². The Kier molecular flexibility index (Phi) is 12.1. The van der Waals surface area contributed by atoms with Gasteiger partial charge in [-0.2, -0.15) is 0 Å². The first-order valence-corrected chi connectivity index (χ1v) is 10.1. The number of ether oxygens (including phenoxy) is 2. The largest absolute Gasteiger partial charge is 0.490 e. The quantitative estimate of drug-likeness (QED) is 0.247. The fourth-order valence-corrected chi connectivity index (χ4v) is 2.81. The van der Waals surface area contributed by atoms with E-state index in [2.05, 4.69) is 27.5 Å². The van der Waals surface area contributed by atoms with Gasteiger partial charge in [-0.15, -0.1) is 24.0 Å². The minimum Gasteiger partial charge on any atom is -0.490 e. The van der Waals surface area contributed by atoms with Gasteiger partial charge in [0.2, 0.25) is 0 Å². The number of hydrogen-bond acceptors (Lipinski definition) is 5. The molecule has 1 aromatic carbocycles. The van der Waals surface area contributed by atoms with E-state index >= 15 is 0 Å². The fraction of sp³-hybridized carbons (Fsp3) is 0.455. The third-order valence-electron chi connectivity index (χ3n) is 4.28. The number of nitrogens with zero attached hydrogens (tertiary/aromatic N) is 2. The zero-order valence-electron chi connectivity index (χ0n) is 18.1.